The summed E-state index contributed by atoms with van der Waals surface area (Å²) in [6.45, 7) is 0. The van der Waals surface area contributed by atoms with Crippen LogP contribution in [0.2, 0.25) is 0 Å². The molecule has 0 aliphatic carbocycles. The summed E-state index contributed by atoms with van der Waals surface area (Å²) in [7, 11) is 5.01. The van der Waals surface area contributed by atoms with E-state index in [9.17, 15) is 0 Å². The fraction of sp³-hybridized carbons (Fsp3) is 0. The number of carbonyl (C=O) groups is 1. The van der Waals surface area contributed by atoms with Crippen molar-refractivity contribution in [3.05, 3.63) is 30.3 Å². The maximum absolute atomic E-state index is 8.78. The Morgan fingerprint density at radius 2 is 1.83 bits per heavy atom. The number of primary amides is 1. The number of hydrogen-bond donors (Lipinski definition) is 2. The van der Waals surface area contributed by atoms with Crippen LogP contribution in [0.5, 0.6) is 0 Å². The summed E-state index contributed by atoms with van der Waals surface area (Å²) < 4.78 is 1.41. The van der Waals surface area contributed by atoms with Crippen molar-refractivity contribution < 1.29 is 25.3 Å². The van der Waals surface area contributed by atoms with Gasteiger partial charge in [0.15, 0.2) is 0 Å². The second-order valence-electron chi connectivity index (χ2n) is 1.97. The number of carboxylic acid groups (broad SMARTS) is 1. The van der Waals surface area contributed by atoms with Crippen molar-refractivity contribution >= 4 is 20.4 Å². The average Bonchev–Trinajstić information content (AvgIpc) is 2.05. The molecule has 0 heterocycles. The SMILES string of the molecule is NC(=O)O.[S]=[Zn][c]1ccccc1. The third-order valence-electron chi connectivity index (χ3n) is 1.01. The summed E-state index contributed by atoms with van der Waals surface area (Å²) in [4.78, 5) is 8.78. The van der Waals surface area contributed by atoms with Crippen molar-refractivity contribution in [2.75, 3.05) is 0 Å². The predicted octanol–water partition coefficient (Wildman–Crippen LogP) is 1.13. The first kappa shape index (κ1) is 11.3. The van der Waals surface area contributed by atoms with Gasteiger partial charge in [-0.25, -0.2) is 4.79 Å². The Labute approximate surface area is 81.8 Å². The van der Waals surface area contributed by atoms with Crippen LogP contribution in [0.3, 0.4) is 0 Å². The Kier molecular flexibility index (Phi) is 6.62. The molecule has 0 radical (unpaired) electrons. The molecule has 0 aliphatic heterocycles. The van der Waals surface area contributed by atoms with Crippen LogP contribution in [0.25, 0.3) is 0 Å². The zero-order valence-corrected chi connectivity index (χ0v) is 10.2. The first-order valence-corrected chi connectivity index (χ1v) is 8.96. The monoisotopic (exact) mass is 234 g/mol. The van der Waals surface area contributed by atoms with E-state index in [0.717, 1.165) is 0 Å². The van der Waals surface area contributed by atoms with Gasteiger partial charge in [0.05, 0.1) is 0 Å². The number of hydrogen-bond acceptors (Lipinski definition) is 2. The Bertz CT molecular complexity index is 249. The average molecular weight is 236 g/mol. The van der Waals surface area contributed by atoms with E-state index < -0.39 is 21.5 Å². The van der Waals surface area contributed by atoms with Crippen LogP contribution in [0.1, 0.15) is 0 Å². The van der Waals surface area contributed by atoms with Gasteiger partial charge in [0.25, 0.3) is 0 Å². The van der Waals surface area contributed by atoms with Gasteiger partial charge in [-0.1, -0.05) is 0 Å². The van der Waals surface area contributed by atoms with Gasteiger partial charge >= 0.3 is 66.1 Å². The van der Waals surface area contributed by atoms with Crippen LogP contribution in [0.4, 0.5) is 4.79 Å². The fourth-order valence-corrected chi connectivity index (χ4v) is 2.55. The molecule has 3 N–H and O–H groups in total. The molecule has 1 amide bonds. The number of benzene rings is 1. The Hall–Kier alpha value is -0.667. The molecule has 0 saturated heterocycles. The van der Waals surface area contributed by atoms with Gasteiger partial charge in [-0.15, -0.1) is 0 Å². The number of nitrogens with two attached hydrogens (primary N) is 1. The van der Waals surface area contributed by atoms with Crippen LogP contribution in [0.15, 0.2) is 30.3 Å². The van der Waals surface area contributed by atoms with E-state index in [2.05, 4.69) is 17.9 Å². The second kappa shape index (κ2) is 7.01. The molecule has 1 rings (SSSR count). The summed E-state index contributed by atoms with van der Waals surface area (Å²) >= 11 is -0.692. The van der Waals surface area contributed by atoms with Crippen molar-refractivity contribution in [2.45, 2.75) is 0 Å². The third kappa shape index (κ3) is 7.44. The third-order valence-corrected chi connectivity index (χ3v) is 4.43. The summed E-state index contributed by atoms with van der Waals surface area (Å²) in [5.41, 5.74) is 4.03. The molecule has 0 aliphatic rings. The molecule has 1 aromatic rings. The number of amides is 1. The van der Waals surface area contributed by atoms with Crippen molar-refractivity contribution in [2.24, 2.45) is 5.73 Å². The zero-order valence-electron chi connectivity index (χ0n) is 6.43. The normalized spacial score (nSPS) is 7.33. The first-order valence-electron chi connectivity index (χ1n) is 3.27. The molecule has 3 nitrogen and oxygen atoms in total. The van der Waals surface area contributed by atoms with E-state index in [-0.39, 0.29) is 0 Å². The van der Waals surface area contributed by atoms with Crippen LogP contribution in [-0.4, -0.2) is 11.2 Å². The van der Waals surface area contributed by atoms with Gasteiger partial charge in [-0.3, -0.25) is 0 Å². The predicted molar refractivity (Wildman–Crippen MR) is 45.9 cm³/mol. The first-order chi connectivity index (χ1) is 5.66. The van der Waals surface area contributed by atoms with Crippen LogP contribution in [-0.2, 0) is 15.4 Å². The molecule has 0 saturated carbocycles. The molecule has 0 aromatic heterocycles. The molecule has 0 unspecified atom stereocenters. The topological polar surface area (TPSA) is 63.3 Å². The summed E-state index contributed by atoms with van der Waals surface area (Å²) in [5, 5.41) is 7.19. The van der Waals surface area contributed by atoms with Gasteiger partial charge in [0.1, 0.15) is 0 Å². The maximum atomic E-state index is 8.78. The van der Waals surface area contributed by atoms with Crippen LogP contribution < -0.4 is 9.89 Å². The zero-order chi connectivity index (χ0) is 9.40. The molecule has 0 atom stereocenters. The van der Waals surface area contributed by atoms with E-state index in [1.165, 1.54) is 4.16 Å². The minimum atomic E-state index is -1.33. The minimum absolute atomic E-state index is 0.692. The summed E-state index contributed by atoms with van der Waals surface area (Å²) in [6.07, 6.45) is -1.33. The van der Waals surface area contributed by atoms with E-state index in [0.29, 0.717) is 0 Å². The van der Waals surface area contributed by atoms with E-state index >= 15 is 0 Å². The Balaban J connectivity index is 0.000000261. The molecule has 1 aromatic carbocycles. The van der Waals surface area contributed by atoms with Crippen molar-refractivity contribution in [3.63, 3.8) is 0 Å². The molecular formula is C7H8NO2SZn. The Morgan fingerprint density at radius 1 is 1.42 bits per heavy atom. The van der Waals surface area contributed by atoms with E-state index in [1.807, 2.05) is 18.2 Å². The van der Waals surface area contributed by atoms with Crippen LogP contribution in [0, 0.1) is 0 Å². The quantitative estimate of drug-likeness (QED) is 0.718. The molecule has 0 spiro atoms. The van der Waals surface area contributed by atoms with Gasteiger partial charge in [-0.05, 0) is 0 Å². The molecule has 61 valence electrons. The van der Waals surface area contributed by atoms with Crippen molar-refractivity contribution in [1.29, 1.82) is 0 Å². The fourth-order valence-electron chi connectivity index (χ4n) is 0.574. The van der Waals surface area contributed by atoms with Crippen molar-refractivity contribution in [1.82, 2.24) is 0 Å². The Morgan fingerprint density at radius 3 is 2.08 bits per heavy atom. The number of rotatable bonds is 1. The molecule has 0 fully saturated rings. The van der Waals surface area contributed by atoms with Gasteiger partial charge < -0.3 is 10.8 Å². The van der Waals surface area contributed by atoms with E-state index in [1.54, 1.807) is 0 Å². The second-order valence-corrected chi connectivity index (χ2v) is 5.79. The molecule has 0 bridgehead atoms. The summed E-state index contributed by atoms with van der Waals surface area (Å²) in [6, 6.07) is 10.4. The molecular weight excluding hydrogens is 228 g/mol. The van der Waals surface area contributed by atoms with Gasteiger partial charge in [-0.2, -0.15) is 0 Å². The van der Waals surface area contributed by atoms with Crippen LogP contribution >= 0.6 is 10.1 Å². The standard InChI is InChI=1S/C6H5.CH3NO2.S.Zn/c1-2-4-6-5-3-1;2-1(3)4;;/h1-5H;2H2,(H,3,4);;. The van der Waals surface area contributed by atoms with Gasteiger partial charge in [0, 0.05) is 0 Å². The van der Waals surface area contributed by atoms with Gasteiger partial charge in [0.2, 0.25) is 0 Å². The van der Waals surface area contributed by atoms with E-state index in [4.69, 9.17) is 20.0 Å². The molecule has 5 heteroatoms. The van der Waals surface area contributed by atoms with Crippen molar-refractivity contribution in [3.8, 4) is 0 Å². The summed E-state index contributed by atoms with van der Waals surface area (Å²) in [5.74, 6) is 0. The molecule has 12 heavy (non-hydrogen) atoms.